The lowest BCUT2D eigenvalue weighted by molar-refractivity contribution is 0.396. The largest absolute Gasteiger partial charge is 0.481 e. The molecule has 0 spiro atoms. The van der Waals surface area contributed by atoms with Crippen LogP contribution in [0.2, 0.25) is 0 Å². The molecule has 1 aromatic heterocycles. The number of anilines is 1. The molecule has 1 aliphatic heterocycles. The van der Waals surface area contributed by atoms with Gasteiger partial charge < -0.3 is 20.3 Å². The summed E-state index contributed by atoms with van der Waals surface area (Å²) in [7, 11) is 1.62. The second-order valence-corrected chi connectivity index (χ2v) is 7.25. The molecule has 0 bridgehead atoms. The Labute approximate surface area is 192 Å². The highest BCUT2D eigenvalue weighted by Crippen LogP contribution is 2.28. The topological polar surface area (TPSA) is 61.8 Å². The number of aliphatic imine (C=N–C) groups is 1. The summed E-state index contributed by atoms with van der Waals surface area (Å²) in [6, 6.07) is 14.4. The van der Waals surface area contributed by atoms with Crippen LogP contribution in [0.1, 0.15) is 19.0 Å². The zero-order valence-electron chi connectivity index (χ0n) is 16.2. The van der Waals surface area contributed by atoms with Gasteiger partial charge in [0.15, 0.2) is 5.96 Å². The van der Waals surface area contributed by atoms with Gasteiger partial charge in [-0.25, -0.2) is 9.98 Å². The molecule has 1 saturated heterocycles. The number of hydrogen-bond donors (Lipinski definition) is 2. The summed E-state index contributed by atoms with van der Waals surface area (Å²) >= 11 is 3.65. The lowest BCUT2D eigenvalue weighted by Crippen LogP contribution is -2.44. The summed E-state index contributed by atoms with van der Waals surface area (Å²) in [5.74, 6) is 1.43. The second-order valence-electron chi connectivity index (χ2n) is 6.39. The van der Waals surface area contributed by atoms with E-state index in [4.69, 9.17) is 4.74 Å². The number of guanidine groups is 1. The smallest absolute Gasteiger partial charge is 0.213 e. The van der Waals surface area contributed by atoms with Crippen molar-refractivity contribution in [3.8, 4) is 5.88 Å². The van der Waals surface area contributed by atoms with Crippen molar-refractivity contribution in [2.75, 3.05) is 31.6 Å². The first-order valence-corrected chi connectivity index (χ1v) is 10.0. The summed E-state index contributed by atoms with van der Waals surface area (Å²) in [5, 5.41) is 6.88. The maximum atomic E-state index is 5.18. The molecule has 1 aromatic carbocycles. The van der Waals surface area contributed by atoms with Gasteiger partial charge in [0.1, 0.15) is 0 Å². The Hall–Kier alpha value is -1.55. The van der Waals surface area contributed by atoms with Crippen molar-refractivity contribution in [2.45, 2.75) is 25.9 Å². The van der Waals surface area contributed by atoms with Crippen LogP contribution < -0.4 is 20.3 Å². The Morgan fingerprint density at radius 1 is 1.29 bits per heavy atom. The summed E-state index contributed by atoms with van der Waals surface area (Å²) in [4.78, 5) is 11.5. The minimum atomic E-state index is 0. The van der Waals surface area contributed by atoms with Crippen molar-refractivity contribution in [2.24, 2.45) is 4.99 Å². The Bertz CT molecular complexity index is 789. The lowest BCUT2D eigenvalue weighted by atomic mass is 10.2. The highest BCUT2D eigenvalue weighted by Gasteiger charge is 2.24. The van der Waals surface area contributed by atoms with Crippen LogP contribution in [0, 0.1) is 0 Å². The van der Waals surface area contributed by atoms with Gasteiger partial charge in [0.25, 0.3) is 0 Å². The lowest BCUT2D eigenvalue weighted by Gasteiger charge is -2.21. The van der Waals surface area contributed by atoms with Crippen LogP contribution in [-0.2, 0) is 6.54 Å². The van der Waals surface area contributed by atoms with E-state index < -0.39 is 0 Å². The fourth-order valence-corrected chi connectivity index (χ4v) is 3.67. The normalized spacial score (nSPS) is 16.5. The summed E-state index contributed by atoms with van der Waals surface area (Å²) in [6.07, 6.45) is 1.07. The van der Waals surface area contributed by atoms with Crippen molar-refractivity contribution in [1.29, 1.82) is 0 Å². The molecule has 2 aromatic rings. The minimum absolute atomic E-state index is 0. The number of nitrogens with one attached hydrogen (secondary N) is 2. The number of halogens is 2. The maximum Gasteiger partial charge on any atom is 0.213 e. The van der Waals surface area contributed by atoms with Gasteiger partial charge >= 0.3 is 0 Å². The van der Waals surface area contributed by atoms with Gasteiger partial charge in [0.05, 0.1) is 25.0 Å². The fraction of sp³-hybridized carbons (Fsp3) is 0.400. The summed E-state index contributed by atoms with van der Waals surface area (Å²) in [6.45, 7) is 5.37. The molecule has 2 heterocycles. The first-order chi connectivity index (χ1) is 13.2. The second kappa shape index (κ2) is 11.5. The number of pyridine rings is 1. The quantitative estimate of drug-likeness (QED) is 0.320. The molecular formula is C20H27BrIN5O. The Kier molecular flexibility index (Phi) is 9.30. The van der Waals surface area contributed by atoms with Crippen molar-refractivity contribution < 1.29 is 4.74 Å². The number of para-hydroxylation sites is 1. The van der Waals surface area contributed by atoms with E-state index in [1.807, 2.05) is 24.3 Å². The van der Waals surface area contributed by atoms with Gasteiger partial charge in [-0.15, -0.1) is 24.0 Å². The third-order valence-corrected chi connectivity index (χ3v) is 5.13. The molecule has 1 aliphatic rings. The van der Waals surface area contributed by atoms with E-state index in [9.17, 15) is 0 Å². The predicted molar refractivity (Wildman–Crippen MR) is 129 cm³/mol. The monoisotopic (exact) mass is 559 g/mol. The van der Waals surface area contributed by atoms with Crippen LogP contribution in [0.3, 0.4) is 0 Å². The molecule has 8 heteroatoms. The van der Waals surface area contributed by atoms with Gasteiger partial charge in [-0.2, -0.15) is 0 Å². The van der Waals surface area contributed by atoms with E-state index in [1.165, 1.54) is 5.69 Å². The molecule has 2 N–H and O–H groups in total. The van der Waals surface area contributed by atoms with Crippen LogP contribution in [0.5, 0.6) is 5.88 Å². The molecule has 3 rings (SSSR count). The molecule has 28 heavy (non-hydrogen) atoms. The first kappa shape index (κ1) is 22.7. The predicted octanol–water partition coefficient (Wildman–Crippen LogP) is 3.80. The zero-order valence-corrected chi connectivity index (χ0v) is 20.1. The van der Waals surface area contributed by atoms with Crippen molar-refractivity contribution in [3.05, 3.63) is 52.6 Å². The highest BCUT2D eigenvalue weighted by atomic mass is 127. The van der Waals surface area contributed by atoms with Gasteiger partial charge in [0.2, 0.25) is 5.88 Å². The third kappa shape index (κ3) is 6.23. The van der Waals surface area contributed by atoms with Gasteiger partial charge in [0, 0.05) is 36.2 Å². The zero-order chi connectivity index (χ0) is 19.1. The fourth-order valence-electron chi connectivity index (χ4n) is 3.14. The molecule has 1 atom stereocenters. The third-order valence-electron chi connectivity index (χ3n) is 4.46. The van der Waals surface area contributed by atoms with E-state index in [0.29, 0.717) is 18.5 Å². The average Bonchev–Trinajstić information content (AvgIpc) is 3.15. The van der Waals surface area contributed by atoms with E-state index in [0.717, 1.165) is 42.2 Å². The van der Waals surface area contributed by atoms with Crippen LogP contribution in [0.15, 0.2) is 51.9 Å². The maximum absolute atomic E-state index is 5.18. The summed E-state index contributed by atoms with van der Waals surface area (Å²) in [5.41, 5.74) is 2.12. The number of nitrogens with zero attached hydrogens (tertiary/aromatic N) is 3. The molecule has 0 amide bonds. The number of hydrogen-bond acceptors (Lipinski definition) is 4. The standard InChI is InChI=1S/C20H26BrN5O.HI/c1-3-22-20(23-13-15-7-6-10-19(24-15)27-2)25-16-11-12-26(14-16)18-9-5-4-8-17(18)21;/h4-10,16H,3,11-14H2,1-2H3,(H2,22,23,25);1H. The molecule has 152 valence electrons. The number of ether oxygens (including phenoxy) is 1. The minimum Gasteiger partial charge on any atom is -0.481 e. The molecule has 6 nitrogen and oxygen atoms in total. The number of aromatic nitrogens is 1. The first-order valence-electron chi connectivity index (χ1n) is 9.24. The van der Waals surface area contributed by atoms with E-state index in [1.54, 1.807) is 7.11 Å². The number of benzene rings is 1. The van der Waals surface area contributed by atoms with Crippen LogP contribution in [0.25, 0.3) is 0 Å². The summed E-state index contributed by atoms with van der Waals surface area (Å²) < 4.78 is 6.31. The van der Waals surface area contributed by atoms with Crippen LogP contribution in [-0.4, -0.2) is 43.7 Å². The highest BCUT2D eigenvalue weighted by molar-refractivity contribution is 14.0. The molecule has 1 unspecified atom stereocenters. The SMILES string of the molecule is CCNC(=NCc1cccc(OC)n1)NC1CCN(c2ccccc2Br)C1.I. The van der Waals surface area contributed by atoms with E-state index >= 15 is 0 Å². The average molecular weight is 560 g/mol. The number of methoxy groups -OCH3 is 1. The Balaban J connectivity index is 0.00000280. The van der Waals surface area contributed by atoms with Crippen molar-refractivity contribution >= 4 is 51.6 Å². The molecular weight excluding hydrogens is 533 g/mol. The Morgan fingerprint density at radius 3 is 2.86 bits per heavy atom. The van der Waals surface area contributed by atoms with Crippen LogP contribution >= 0.6 is 39.9 Å². The van der Waals surface area contributed by atoms with Crippen molar-refractivity contribution in [3.63, 3.8) is 0 Å². The van der Waals surface area contributed by atoms with Crippen molar-refractivity contribution in [1.82, 2.24) is 15.6 Å². The van der Waals surface area contributed by atoms with Gasteiger partial charge in [-0.05, 0) is 47.5 Å². The molecule has 0 radical (unpaired) electrons. The van der Waals surface area contributed by atoms with Gasteiger partial charge in [-0.1, -0.05) is 18.2 Å². The molecule has 0 saturated carbocycles. The Morgan fingerprint density at radius 2 is 2.11 bits per heavy atom. The van der Waals surface area contributed by atoms with Gasteiger partial charge in [-0.3, -0.25) is 0 Å². The van der Waals surface area contributed by atoms with E-state index in [2.05, 4.69) is 66.6 Å². The molecule has 1 fully saturated rings. The van der Waals surface area contributed by atoms with E-state index in [-0.39, 0.29) is 24.0 Å². The number of rotatable bonds is 6. The molecule has 0 aliphatic carbocycles. The van der Waals surface area contributed by atoms with Crippen LogP contribution in [0.4, 0.5) is 5.69 Å².